The van der Waals surface area contributed by atoms with Gasteiger partial charge in [-0.25, -0.2) is 9.97 Å². The number of ether oxygens (including phenoxy) is 1. The molecule has 2 saturated heterocycles. The number of halogens is 1. The van der Waals surface area contributed by atoms with Gasteiger partial charge in [-0.1, -0.05) is 0 Å². The third-order valence-corrected chi connectivity index (χ3v) is 5.40. The molecule has 2 atom stereocenters. The van der Waals surface area contributed by atoms with Crippen molar-refractivity contribution in [3.05, 3.63) is 30.6 Å². The zero-order valence-corrected chi connectivity index (χ0v) is 16.0. The molecule has 8 heteroatoms. The summed E-state index contributed by atoms with van der Waals surface area (Å²) in [6, 6.07) is 7.95. The van der Waals surface area contributed by atoms with E-state index < -0.39 is 0 Å². The molecule has 5 rings (SSSR count). The minimum Gasteiger partial charge on any atom is -0.497 e. The van der Waals surface area contributed by atoms with Gasteiger partial charge in [0.2, 0.25) is 5.95 Å². The van der Waals surface area contributed by atoms with E-state index in [-0.39, 0.29) is 12.4 Å². The van der Waals surface area contributed by atoms with Gasteiger partial charge in [0.05, 0.1) is 13.4 Å². The molecule has 4 heterocycles. The van der Waals surface area contributed by atoms with Crippen LogP contribution in [0.2, 0.25) is 0 Å². The van der Waals surface area contributed by atoms with Gasteiger partial charge in [-0.05, 0) is 55.6 Å². The first-order valence-corrected chi connectivity index (χ1v) is 9.11. The standard InChI is InChI=1S/C19H22N6O.ClH/c1-26-15-4-2-14(3-5-15)16-17-18(22-11-21-17)24-19(23-16)25-9-12-6-13(10-25)8-20-7-12;/h2-5,11-13,20H,6-10H2,1H3,(H,21,22,23,24);1H. The Morgan fingerprint density at radius 2 is 1.81 bits per heavy atom. The summed E-state index contributed by atoms with van der Waals surface area (Å²) in [5, 5.41) is 3.54. The molecule has 142 valence electrons. The molecular weight excluding hydrogens is 364 g/mol. The van der Waals surface area contributed by atoms with Crippen molar-refractivity contribution >= 4 is 29.5 Å². The molecule has 2 N–H and O–H groups in total. The second-order valence-electron chi connectivity index (χ2n) is 7.23. The maximum Gasteiger partial charge on any atom is 0.228 e. The van der Waals surface area contributed by atoms with Gasteiger partial charge in [0, 0.05) is 18.7 Å². The van der Waals surface area contributed by atoms with Crippen LogP contribution in [0.5, 0.6) is 5.75 Å². The average Bonchev–Trinajstić information content (AvgIpc) is 3.16. The Morgan fingerprint density at radius 3 is 2.52 bits per heavy atom. The van der Waals surface area contributed by atoms with Gasteiger partial charge in [0.15, 0.2) is 5.65 Å². The molecule has 2 aliphatic heterocycles. The van der Waals surface area contributed by atoms with E-state index in [9.17, 15) is 0 Å². The van der Waals surface area contributed by atoms with Crippen LogP contribution in [0.25, 0.3) is 22.4 Å². The van der Waals surface area contributed by atoms with Gasteiger partial charge < -0.3 is 19.9 Å². The normalized spacial score (nSPS) is 21.7. The summed E-state index contributed by atoms with van der Waals surface area (Å²) in [4.78, 5) is 19.6. The minimum absolute atomic E-state index is 0. The number of nitrogens with one attached hydrogen (secondary N) is 2. The Balaban J connectivity index is 0.00000180. The number of imidazole rings is 1. The van der Waals surface area contributed by atoms with Gasteiger partial charge in [-0.15, -0.1) is 12.4 Å². The zero-order valence-electron chi connectivity index (χ0n) is 15.2. The quantitative estimate of drug-likeness (QED) is 0.720. The number of hydrogen-bond acceptors (Lipinski definition) is 6. The van der Waals surface area contributed by atoms with Crippen molar-refractivity contribution in [1.29, 1.82) is 0 Å². The maximum atomic E-state index is 5.27. The van der Waals surface area contributed by atoms with Crippen molar-refractivity contribution in [2.75, 3.05) is 38.2 Å². The van der Waals surface area contributed by atoms with E-state index in [0.717, 1.165) is 60.3 Å². The highest BCUT2D eigenvalue weighted by atomic mass is 35.5. The molecule has 0 radical (unpaired) electrons. The van der Waals surface area contributed by atoms with Gasteiger partial charge in [0.1, 0.15) is 17.0 Å². The van der Waals surface area contributed by atoms with Crippen LogP contribution in [0.3, 0.4) is 0 Å². The Morgan fingerprint density at radius 1 is 1.07 bits per heavy atom. The first-order chi connectivity index (χ1) is 12.8. The van der Waals surface area contributed by atoms with Crippen molar-refractivity contribution in [2.45, 2.75) is 6.42 Å². The van der Waals surface area contributed by atoms with Crippen molar-refractivity contribution in [2.24, 2.45) is 11.8 Å². The lowest BCUT2D eigenvalue weighted by molar-refractivity contribution is 0.248. The number of H-pyrrole nitrogens is 1. The highest BCUT2D eigenvalue weighted by Gasteiger charge is 2.32. The largest absolute Gasteiger partial charge is 0.497 e. The number of methoxy groups -OCH3 is 1. The second-order valence-corrected chi connectivity index (χ2v) is 7.23. The van der Waals surface area contributed by atoms with Gasteiger partial charge in [-0.3, -0.25) is 0 Å². The van der Waals surface area contributed by atoms with Crippen LogP contribution in [0, 0.1) is 11.8 Å². The van der Waals surface area contributed by atoms with Crippen molar-refractivity contribution < 1.29 is 4.74 Å². The predicted octanol–water partition coefficient (Wildman–Crippen LogP) is 2.50. The van der Waals surface area contributed by atoms with E-state index in [0.29, 0.717) is 11.8 Å². The van der Waals surface area contributed by atoms with Crippen LogP contribution in [0.15, 0.2) is 30.6 Å². The summed E-state index contributed by atoms with van der Waals surface area (Å²) in [7, 11) is 1.67. The number of anilines is 1. The number of fused-ring (bicyclic) bond motifs is 3. The summed E-state index contributed by atoms with van der Waals surface area (Å²) >= 11 is 0. The fraction of sp³-hybridized carbons (Fsp3) is 0.421. The lowest BCUT2D eigenvalue weighted by atomic mass is 9.86. The molecule has 2 bridgehead atoms. The van der Waals surface area contributed by atoms with Gasteiger partial charge >= 0.3 is 0 Å². The van der Waals surface area contributed by atoms with Crippen molar-refractivity contribution in [1.82, 2.24) is 25.3 Å². The first kappa shape index (κ1) is 18.0. The van der Waals surface area contributed by atoms with Gasteiger partial charge in [-0.2, -0.15) is 4.98 Å². The van der Waals surface area contributed by atoms with E-state index in [1.54, 1.807) is 13.4 Å². The highest BCUT2D eigenvalue weighted by molar-refractivity contribution is 5.88. The molecule has 0 amide bonds. The number of rotatable bonds is 3. The predicted molar refractivity (Wildman–Crippen MR) is 108 cm³/mol. The molecule has 2 fully saturated rings. The molecule has 0 aliphatic carbocycles. The lowest BCUT2D eigenvalue weighted by Crippen LogP contribution is -2.51. The average molecular weight is 387 g/mol. The second kappa shape index (κ2) is 7.32. The van der Waals surface area contributed by atoms with Crippen LogP contribution in [0.4, 0.5) is 5.95 Å². The number of piperidine rings is 2. The Kier molecular flexibility index (Phi) is 4.88. The molecule has 2 aromatic heterocycles. The summed E-state index contributed by atoms with van der Waals surface area (Å²) in [6.45, 7) is 4.19. The van der Waals surface area contributed by atoms with Crippen LogP contribution < -0.4 is 15.0 Å². The van der Waals surface area contributed by atoms with E-state index in [1.807, 2.05) is 24.3 Å². The first-order valence-electron chi connectivity index (χ1n) is 9.11. The molecule has 0 saturated carbocycles. The fourth-order valence-corrected chi connectivity index (χ4v) is 4.18. The summed E-state index contributed by atoms with van der Waals surface area (Å²) < 4.78 is 5.27. The molecule has 1 aromatic carbocycles. The van der Waals surface area contributed by atoms with Crippen LogP contribution in [-0.4, -0.2) is 53.2 Å². The number of nitrogens with zero attached hydrogens (tertiary/aromatic N) is 4. The maximum absolute atomic E-state index is 5.27. The molecule has 3 aromatic rings. The Labute approximate surface area is 164 Å². The minimum atomic E-state index is 0. The van der Waals surface area contributed by atoms with Crippen LogP contribution in [0.1, 0.15) is 6.42 Å². The summed E-state index contributed by atoms with van der Waals surface area (Å²) in [5.41, 5.74) is 3.47. The fourth-order valence-electron chi connectivity index (χ4n) is 4.18. The molecule has 0 spiro atoms. The molecule has 27 heavy (non-hydrogen) atoms. The lowest BCUT2D eigenvalue weighted by Gasteiger charge is -2.41. The van der Waals surface area contributed by atoms with Crippen molar-refractivity contribution in [3.8, 4) is 17.0 Å². The highest BCUT2D eigenvalue weighted by Crippen LogP contribution is 2.31. The SMILES string of the molecule is COc1ccc(-c2nc(N3CC4CNCC(C4)C3)nc3[nH]cnc23)cc1.Cl. The Bertz CT molecular complexity index is 916. The van der Waals surface area contributed by atoms with E-state index in [2.05, 4.69) is 20.2 Å². The number of benzene rings is 1. The third kappa shape index (κ3) is 3.33. The number of aromatic nitrogens is 4. The van der Waals surface area contributed by atoms with Crippen molar-refractivity contribution in [3.63, 3.8) is 0 Å². The topological polar surface area (TPSA) is 79.0 Å². The van der Waals surface area contributed by atoms with E-state index in [1.165, 1.54) is 6.42 Å². The molecular formula is C19H23ClN6O. The molecule has 2 aliphatic rings. The third-order valence-electron chi connectivity index (χ3n) is 5.40. The monoisotopic (exact) mass is 386 g/mol. The Hall–Kier alpha value is -2.38. The zero-order chi connectivity index (χ0) is 17.5. The van der Waals surface area contributed by atoms with Crippen LogP contribution >= 0.6 is 12.4 Å². The summed E-state index contributed by atoms with van der Waals surface area (Å²) in [5.74, 6) is 2.97. The number of hydrogen-bond donors (Lipinski definition) is 2. The van der Waals surface area contributed by atoms with E-state index in [4.69, 9.17) is 14.7 Å². The number of aromatic amines is 1. The van der Waals surface area contributed by atoms with Gasteiger partial charge in [0.25, 0.3) is 0 Å². The smallest absolute Gasteiger partial charge is 0.228 e. The summed E-state index contributed by atoms with van der Waals surface area (Å²) in [6.07, 6.45) is 2.99. The molecule has 7 nitrogen and oxygen atoms in total. The van der Waals surface area contributed by atoms with E-state index >= 15 is 0 Å². The van der Waals surface area contributed by atoms with Crippen LogP contribution in [-0.2, 0) is 0 Å². The molecule has 2 unspecified atom stereocenters.